The molecule has 0 spiro atoms. The minimum atomic E-state index is -0.171. The number of para-hydroxylation sites is 1. The van der Waals surface area contributed by atoms with Gasteiger partial charge in [0, 0.05) is 29.3 Å². The third-order valence-electron chi connectivity index (χ3n) is 6.23. The van der Waals surface area contributed by atoms with E-state index in [1.807, 2.05) is 55.5 Å². The summed E-state index contributed by atoms with van der Waals surface area (Å²) in [5.41, 5.74) is 6.05. The summed E-state index contributed by atoms with van der Waals surface area (Å²) in [6.07, 6.45) is 0.636. The molecule has 0 fully saturated rings. The van der Waals surface area contributed by atoms with E-state index in [-0.39, 0.29) is 5.82 Å². The molecule has 0 unspecified atom stereocenters. The first-order valence-corrected chi connectivity index (χ1v) is 11.9. The normalized spacial score (nSPS) is 11.1. The van der Waals surface area contributed by atoms with Gasteiger partial charge in [-0.15, -0.1) is 0 Å². The number of aromatic nitrogens is 1. The maximum absolute atomic E-state index is 14.2. The van der Waals surface area contributed by atoms with Gasteiger partial charge in [-0.3, -0.25) is 0 Å². The van der Waals surface area contributed by atoms with Crippen LogP contribution in [0.15, 0.2) is 103 Å². The third-order valence-corrected chi connectivity index (χ3v) is 6.23. The van der Waals surface area contributed by atoms with Crippen molar-refractivity contribution in [2.24, 2.45) is 0 Å². The van der Waals surface area contributed by atoms with E-state index in [0.29, 0.717) is 31.8 Å². The second-order valence-corrected chi connectivity index (χ2v) is 8.61. The summed E-state index contributed by atoms with van der Waals surface area (Å²) in [7, 11) is 0. The zero-order valence-electron chi connectivity index (χ0n) is 19.8. The van der Waals surface area contributed by atoms with Crippen molar-refractivity contribution in [1.29, 1.82) is 0 Å². The maximum atomic E-state index is 14.2. The van der Waals surface area contributed by atoms with Crippen LogP contribution in [0.3, 0.4) is 0 Å². The lowest BCUT2D eigenvalue weighted by Crippen LogP contribution is -2.07. The average Bonchev–Trinajstić information content (AvgIpc) is 3.25. The molecule has 0 aliphatic heterocycles. The Kier molecular flexibility index (Phi) is 6.92. The molecular weight excluding hydrogens is 437 g/mol. The van der Waals surface area contributed by atoms with E-state index < -0.39 is 0 Å². The Morgan fingerprint density at radius 3 is 2.34 bits per heavy atom. The second kappa shape index (κ2) is 10.6. The Balaban J connectivity index is 1.38. The van der Waals surface area contributed by atoms with Gasteiger partial charge in [0.05, 0.1) is 18.7 Å². The summed E-state index contributed by atoms with van der Waals surface area (Å²) >= 11 is 0. The number of fused-ring (bicyclic) bond motifs is 1. The fourth-order valence-corrected chi connectivity index (χ4v) is 4.36. The summed E-state index contributed by atoms with van der Waals surface area (Å²) in [4.78, 5) is 0. The molecule has 1 aromatic heterocycles. The molecule has 0 saturated heterocycles. The van der Waals surface area contributed by atoms with Crippen LogP contribution in [-0.4, -0.2) is 17.8 Å². The molecule has 0 saturated carbocycles. The number of rotatable bonds is 9. The van der Waals surface area contributed by atoms with Crippen molar-refractivity contribution in [3.63, 3.8) is 0 Å². The quantitative estimate of drug-likeness (QED) is 0.214. The van der Waals surface area contributed by atoms with E-state index >= 15 is 0 Å². The van der Waals surface area contributed by atoms with Crippen molar-refractivity contribution in [2.75, 3.05) is 13.2 Å². The Morgan fingerprint density at radius 1 is 0.771 bits per heavy atom. The topological polar surface area (TPSA) is 23.4 Å². The highest BCUT2D eigenvalue weighted by Gasteiger charge is 2.14. The molecule has 4 heteroatoms. The van der Waals surface area contributed by atoms with Crippen molar-refractivity contribution >= 4 is 10.9 Å². The van der Waals surface area contributed by atoms with Gasteiger partial charge < -0.3 is 14.0 Å². The molecular formula is C31H28FNO2. The van der Waals surface area contributed by atoms with Crippen LogP contribution in [-0.2, 0) is 17.8 Å². The number of hydrogen-bond donors (Lipinski definition) is 0. The van der Waals surface area contributed by atoms with Crippen molar-refractivity contribution < 1.29 is 13.9 Å². The van der Waals surface area contributed by atoms with Crippen molar-refractivity contribution in [3.05, 3.63) is 131 Å². The van der Waals surface area contributed by atoms with Crippen LogP contribution in [0.4, 0.5) is 4.39 Å². The molecule has 5 aromatic rings. The standard InChI is InChI=1S/C31H28FNO2/c1-23-25(11-8-14-30(23)32)19-28-20-26-15-16-29(21-31(26)33(28)27-12-6-3-7-13-27)35-18-17-34-22-24-9-4-2-5-10-24/h2-16,20-21H,17-19,22H2,1H3. The first-order valence-electron chi connectivity index (χ1n) is 11.9. The van der Waals surface area contributed by atoms with Gasteiger partial charge in [0.25, 0.3) is 0 Å². The zero-order valence-corrected chi connectivity index (χ0v) is 19.8. The molecule has 0 atom stereocenters. The van der Waals surface area contributed by atoms with Crippen LogP contribution in [0.2, 0.25) is 0 Å². The fourth-order valence-electron chi connectivity index (χ4n) is 4.36. The van der Waals surface area contributed by atoms with E-state index in [1.165, 1.54) is 6.07 Å². The highest BCUT2D eigenvalue weighted by atomic mass is 19.1. The number of halogens is 1. The van der Waals surface area contributed by atoms with Gasteiger partial charge in [-0.25, -0.2) is 4.39 Å². The molecule has 0 radical (unpaired) electrons. The number of benzene rings is 4. The molecule has 0 bridgehead atoms. The highest BCUT2D eigenvalue weighted by Crippen LogP contribution is 2.30. The van der Waals surface area contributed by atoms with Gasteiger partial charge in [0.1, 0.15) is 18.2 Å². The predicted molar refractivity (Wildman–Crippen MR) is 139 cm³/mol. The summed E-state index contributed by atoms with van der Waals surface area (Å²) in [6.45, 7) is 3.39. The molecule has 0 N–H and O–H groups in total. The number of ether oxygens (including phenoxy) is 2. The average molecular weight is 466 g/mol. The van der Waals surface area contributed by atoms with Crippen LogP contribution in [0, 0.1) is 12.7 Å². The lowest BCUT2D eigenvalue weighted by Gasteiger charge is -2.13. The minimum absolute atomic E-state index is 0.171. The number of nitrogens with zero attached hydrogens (tertiary/aromatic N) is 1. The van der Waals surface area contributed by atoms with E-state index in [2.05, 4.69) is 47.0 Å². The summed E-state index contributed by atoms with van der Waals surface area (Å²) < 4.78 is 28.2. The smallest absolute Gasteiger partial charge is 0.126 e. The Hall–Kier alpha value is -3.89. The van der Waals surface area contributed by atoms with Crippen LogP contribution >= 0.6 is 0 Å². The van der Waals surface area contributed by atoms with E-state index in [9.17, 15) is 4.39 Å². The molecule has 0 aliphatic carbocycles. The summed E-state index contributed by atoms with van der Waals surface area (Å²) in [6, 6.07) is 34.0. The summed E-state index contributed by atoms with van der Waals surface area (Å²) in [5, 5.41) is 1.12. The lowest BCUT2D eigenvalue weighted by molar-refractivity contribution is 0.0889. The first-order chi connectivity index (χ1) is 17.2. The Labute approximate surface area is 205 Å². The van der Waals surface area contributed by atoms with Gasteiger partial charge in [-0.2, -0.15) is 0 Å². The Bertz CT molecular complexity index is 1410. The monoisotopic (exact) mass is 465 g/mol. The number of hydrogen-bond acceptors (Lipinski definition) is 2. The van der Waals surface area contributed by atoms with Crippen LogP contribution in [0.25, 0.3) is 16.6 Å². The van der Waals surface area contributed by atoms with Gasteiger partial charge in [-0.1, -0.05) is 60.7 Å². The highest BCUT2D eigenvalue weighted by molar-refractivity contribution is 5.85. The van der Waals surface area contributed by atoms with Gasteiger partial charge in [0.2, 0.25) is 0 Å². The second-order valence-electron chi connectivity index (χ2n) is 8.61. The predicted octanol–water partition coefficient (Wildman–Crippen LogP) is 7.26. The lowest BCUT2D eigenvalue weighted by atomic mass is 10.0. The van der Waals surface area contributed by atoms with Gasteiger partial charge in [-0.05, 0) is 60.0 Å². The van der Waals surface area contributed by atoms with Crippen molar-refractivity contribution in [1.82, 2.24) is 4.57 Å². The molecule has 5 rings (SSSR count). The third kappa shape index (κ3) is 5.28. The largest absolute Gasteiger partial charge is 0.491 e. The molecule has 35 heavy (non-hydrogen) atoms. The molecule has 3 nitrogen and oxygen atoms in total. The molecule has 1 heterocycles. The first kappa shape index (κ1) is 22.9. The van der Waals surface area contributed by atoms with E-state index in [4.69, 9.17) is 9.47 Å². The van der Waals surface area contributed by atoms with Crippen LogP contribution in [0.1, 0.15) is 22.4 Å². The van der Waals surface area contributed by atoms with Crippen LogP contribution in [0.5, 0.6) is 5.75 Å². The Morgan fingerprint density at radius 2 is 1.54 bits per heavy atom. The van der Waals surface area contributed by atoms with Gasteiger partial charge >= 0.3 is 0 Å². The molecule has 176 valence electrons. The maximum Gasteiger partial charge on any atom is 0.126 e. The molecule has 0 aliphatic rings. The fraction of sp³-hybridized carbons (Fsp3) is 0.161. The summed E-state index contributed by atoms with van der Waals surface area (Å²) in [5.74, 6) is 0.625. The van der Waals surface area contributed by atoms with Crippen molar-refractivity contribution in [3.8, 4) is 11.4 Å². The van der Waals surface area contributed by atoms with Crippen molar-refractivity contribution in [2.45, 2.75) is 20.0 Å². The zero-order chi connectivity index (χ0) is 24.0. The van der Waals surface area contributed by atoms with E-state index in [0.717, 1.165) is 39.2 Å². The minimum Gasteiger partial charge on any atom is -0.491 e. The van der Waals surface area contributed by atoms with Crippen LogP contribution < -0.4 is 4.74 Å². The SMILES string of the molecule is Cc1c(F)cccc1Cc1cc2ccc(OCCOCc3ccccc3)cc2n1-c1ccccc1. The van der Waals surface area contributed by atoms with E-state index in [1.54, 1.807) is 6.07 Å². The molecule has 4 aromatic carbocycles. The molecule has 0 amide bonds. The van der Waals surface area contributed by atoms with Gasteiger partial charge in [0.15, 0.2) is 0 Å².